The minimum atomic E-state index is -5.25. The van der Waals surface area contributed by atoms with Crippen LogP contribution in [0.3, 0.4) is 0 Å². The molecule has 1 saturated heterocycles. The number of aliphatic hydroxyl groups is 1. The molecule has 2 rings (SSSR count). The lowest BCUT2D eigenvalue weighted by atomic mass is 10.2. The summed E-state index contributed by atoms with van der Waals surface area (Å²) in [6, 6.07) is 0. The van der Waals surface area contributed by atoms with E-state index in [4.69, 9.17) is 14.5 Å². The molecular weight excluding hydrogens is 449 g/mol. The molecule has 2 heterocycles. The normalized spacial score (nSPS) is 27.3. The maximum absolute atomic E-state index is 11.9. The van der Waals surface area contributed by atoms with Crippen molar-refractivity contribution in [1.29, 1.82) is 0 Å². The van der Waals surface area contributed by atoms with Crippen molar-refractivity contribution in [2.24, 2.45) is 0 Å². The molecule has 5 atom stereocenters. The van der Waals surface area contributed by atoms with Crippen molar-refractivity contribution in [2.45, 2.75) is 32.0 Å². The Balaban J connectivity index is 2.13. The summed E-state index contributed by atoms with van der Waals surface area (Å²) >= 11 is 0. The molecule has 28 heavy (non-hydrogen) atoms. The SMILES string of the molecule is Cc1cn([C@H]2C[C@@H](O)[C@@H](OP(=O)(O)NP(=O)(O)NP(=O)(O)O)O2)c(=O)[nH]c1=O. The molecule has 19 heteroatoms. The Labute approximate surface area is 155 Å². The first kappa shape index (κ1) is 23.3. The van der Waals surface area contributed by atoms with E-state index < -0.39 is 53.0 Å². The largest absolute Gasteiger partial charge is 0.413 e. The summed E-state index contributed by atoms with van der Waals surface area (Å²) in [6.45, 7) is 1.40. The summed E-state index contributed by atoms with van der Waals surface area (Å²) in [5.41, 5.74) is -1.39. The van der Waals surface area contributed by atoms with Gasteiger partial charge in [0.05, 0.1) is 0 Å². The molecule has 8 N–H and O–H groups in total. The number of aromatic amines is 1. The number of hydrogen-bond donors (Lipinski definition) is 8. The Morgan fingerprint density at radius 3 is 2.39 bits per heavy atom. The van der Waals surface area contributed by atoms with Crippen LogP contribution >= 0.6 is 23.2 Å². The van der Waals surface area contributed by atoms with Crippen LogP contribution in [-0.4, -0.2) is 46.6 Å². The second-order valence-electron chi connectivity index (χ2n) is 5.69. The number of rotatable bonds is 7. The predicted octanol–water partition coefficient (Wildman–Crippen LogP) is -2.06. The number of ether oxygens (including phenoxy) is 1. The minimum Gasteiger partial charge on any atom is -0.388 e. The molecule has 160 valence electrons. The molecule has 0 bridgehead atoms. The number of aryl methyl sites for hydroxylation is 1. The van der Waals surface area contributed by atoms with E-state index in [1.54, 1.807) is 0 Å². The van der Waals surface area contributed by atoms with Gasteiger partial charge in [0.15, 0.2) is 6.29 Å². The van der Waals surface area contributed by atoms with Crippen molar-refractivity contribution in [1.82, 2.24) is 19.3 Å². The number of aromatic nitrogens is 2. The number of nitrogens with one attached hydrogen (secondary N) is 3. The Morgan fingerprint density at radius 1 is 1.21 bits per heavy atom. The first-order valence-electron chi connectivity index (χ1n) is 7.23. The molecule has 0 saturated carbocycles. The number of H-pyrrole nitrogens is 1. The van der Waals surface area contributed by atoms with Gasteiger partial charge in [-0.3, -0.25) is 23.4 Å². The third kappa shape index (κ3) is 6.26. The van der Waals surface area contributed by atoms with Gasteiger partial charge in [-0.1, -0.05) is 0 Å². The molecule has 1 aliphatic heterocycles. The predicted molar refractivity (Wildman–Crippen MR) is 89.6 cm³/mol. The summed E-state index contributed by atoms with van der Waals surface area (Å²) in [7, 11) is -15.7. The summed E-state index contributed by atoms with van der Waals surface area (Å²) in [5, 5.41) is 9.91. The molecule has 1 aromatic rings. The second kappa shape index (κ2) is 8.03. The van der Waals surface area contributed by atoms with E-state index in [0.717, 1.165) is 20.5 Å². The maximum Gasteiger partial charge on any atom is 0.413 e. The fraction of sp³-hybridized carbons (Fsp3) is 0.556. The second-order valence-corrected chi connectivity index (χ2v) is 10.8. The quantitative estimate of drug-likeness (QED) is 0.201. The number of nitrogens with zero attached hydrogens (tertiary/aromatic N) is 1. The lowest BCUT2D eigenvalue weighted by Crippen LogP contribution is -2.33. The van der Waals surface area contributed by atoms with Crippen LogP contribution in [0.2, 0.25) is 0 Å². The standard InChI is InChI=1S/C9H17N4O12P3/c1-4-3-13(9(16)10-7(4)15)6-2-5(14)8(24-6)25-28(22,23)12-26(17,18)11-27(19,20)21/h3,5-6,8,14H,2H2,1H3,(H,10,15,16)(H6,11,12,17,18,19,20,21,22,23)/t5-,6-,8-/m1/s1. The Hall–Kier alpha value is -0.990. The van der Waals surface area contributed by atoms with E-state index in [9.17, 15) is 38.2 Å². The van der Waals surface area contributed by atoms with Crippen LogP contribution in [0.15, 0.2) is 15.8 Å². The molecule has 0 spiro atoms. The van der Waals surface area contributed by atoms with Crippen molar-refractivity contribution in [3.8, 4) is 0 Å². The van der Waals surface area contributed by atoms with Crippen molar-refractivity contribution >= 4 is 23.2 Å². The molecule has 1 fully saturated rings. The smallest absolute Gasteiger partial charge is 0.388 e. The lowest BCUT2D eigenvalue weighted by Gasteiger charge is -2.22. The minimum absolute atomic E-state index is 0.140. The van der Waals surface area contributed by atoms with Crippen LogP contribution in [0, 0.1) is 6.92 Å². The van der Waals surface area contributed by atoms with E-state index in [-0.39, 0.29) is 12.0 Å². The van der Waals surface area contributed by atoms with Gasteiger partial charge in [0.2, 0.25) is 0 Å². The Morgan fingerprint density at radius 2 is 1.82 bits per heavy atom. The van der Waals surface area contributed by atoms with Gasteiger partial charge in [-0.2, -0.15) is 0 Å². The molecule has 0 aliphatic carbocycles. The zero-order chi connectivity index (χ0) is 21.5. The molecule has 0 amide bonds. The van der Waals surface area contributed by atoms with E-state index in [0.29, 0.717) is 0 Å². The van der Waals surface area contributed by atoms with Crippen LogP contribution in [0.25, 0.3) is 0 Å². The summed E-state index contributed by atoms with van der Waals surface area (Å²) < 4.78 is 44.7. The van der Waals surface area contributed by atoms with E-state index in [2.05, 4.69) is 4.52 Å². The lowest BCUT2D eigenvalue weighted by molar-refractivity contribution is -0.130. The zero-order valence-electron chi connectivity index (χ0n) is 13.9. The van der Waals surface area contributed by atoms with Crippen molar-refractivity contribution < 1.29 is 47.6 Å². The van der Waals surface area contributed by atoms with Gasteiger partial charge >= 0.3 is 28.9 Å². The van der Waals surface area contributed by atoms with Gasteiger partial charge in [-0.05, 0) is 6.92 Å². The van der Waals surface area contributed by atoms with Crippen LogP contribution in [0.4, 0.5) is 0 Å². The average molecular weight is 466 g/mol. The van der Waals surface area contributed by atoms with Crippen molar-refractivity contribution in [2.75, 3.05) is 0 Å². The Kier molecular flexibility index (Phi) is 6.68. The maximum atomic E-state index is 11.9. The highest BCUT2D eigenvalue weighted by Crippen LogP contribution is 2.54. The van der Waals surface area contributed by atoms with Gasteiger partial charge in [0, 0.05) is 18.2 Å². The highest BCUT2D eigenvalue weighted by Gasteiger charge is 2.43. The topological polar surface area (TPSA) is 250 Å². The van der Waals surface area contributed by atoms with E-state index in [1.807, 2.05) is 4.98 Å². The monoisotopic (exact) mass is 466 g/mol. The molecular formula is C9H17N4O12P3. The van der Waals surface area contributed by atoms with Gasteiger partial charge in [-0.25, -0.2) is 13.9 Å². The highest BCUT2D eigenvalue weighted by molar-refractivity contribution is 7.74. The fourth-order valence-electron chi connectivity index (χ4n) is 2.23. The average Bonchev–Trinajstić information content (AvgIpc) is 2.78. The first-order chi connectivity index (χ1) is 12.6. The van der Waals surface area contributed by atoms with Crippen LogP contribution in [0.5, 0.6) is 0 Å². The number of hydrogen-bond acceptors (Lipinski definition) is 8. The molecule has 2 unspecified atom stereocenters. The van der Waals surface area contributed by atoms with Crippen LogP contribution in [0.1, 0.15) is 18.2 Å². The fourth-order valence-corrected chi connectivity index (χ4v) is 6.25. The van der Waals surface area contributed by atoms with Gasteiger partial charge < -0.3 is 29.4 Å². The third-order valence-corrected chi connectivity index (χ3v) is 7.99. The van der Waals surface area contributed by atoms with Crippen LogP contribution < -0.4 is 21.0 Å². The van der Waals surface area contributed by atoms with Gasteiger partial charge in [-0.15, -0.1) is 9.72 Å². The first-order valence-corrected chi connectivity index (χ1v) is 12.1. The summed E-state index contributed by atoms with van der Waals surface area (Å²) in [6.07, 6.45) is -3.82. The van der Waals surface area contributed by atoms with Crippen LogP contribution in [-0.2, 0) is 23.0 Å². The summed E-state index contributed by atoms with van der Waals surface area (Å²) in [5.74, 6) is 0. The molecule has 1 aromatic heterocycles. The summed E-state index contributed by atoms with van der Waals surface area (Å²) in [4.78, 5) is 63.3. The van der Waals surface area contributed by atoms with E-state index >= 15 is 0 Å². The highest BCUT2D eigenvalue weighted by atomic mass is 31.3. The van der Waals surface area contributed by atoms with Gasteiger partial charge in [0.1, 0.15) is 12.3 Å². The molecule has 0 aromatic carbocycles. The third-order valence-electron chi connectivity index (χ3n) is 3.28. The van der Waals surface area contributed by atoms with E-state index in [1.165, 1.54) is 6.92 Å². The molecule has 0 radical (unpaired) electrons. The number of aliphatic hydroxyl groups excluding tert-OH is 1. The van der Waals surface area contributed by atoms with Crippen molar-refractivity contribution in [3.63, 3.8) is 0 Å². The molecule has 16 nitrogen and oxygen atoms in total. The Bertz CT molecular complexity index is 999. The van der Waals surface area contributed by atoms with Gasteiger partial charge in [0.25, 0.3) is 5.56 Å². The van der Waals surface area contributed by atoms with Crippen molar-refractivity contribution in [3.05, 3.63) is 32.6 Å². The molecule has 1 aliphatic rings. The zero-order valence-corrected chi connectivity index (χ0v) is 16.6.